The Hall–Kier alpha value is 0.960. The molecule has 0 spiro atoms. The maximum Gasteiger partial charge on any atom is 0.481 e. The zero-order valence-electron chi connectivity index (χ0n) is 19.8. The summed E-state index contributed by atoms with van der Waals surface area (Å²) in [5.74, 6) is 0. The maximum atomic E-state index is 12.3. The van der Waals surface area contributed by atoms with Gasteiger partial charge < -0.3 is 68.7 Å². The van der Waals surface area contributed by atoms with E-state index in [1.165, 1.54) is 0 Å². The Bertz CT molecular complexity index is 1320. The van der Waals surface area contributed by atoms with Crippen molar-refractivity contribution in [3.63, 3.8) is 0 Å². The number of hydrogen-bond donors (Lipinski definition) is 14. The molecule has 0 bridgehead atoms. The molecule has 0 aromatic rings. The average Bonchev–Trinajstić information content (AvgIpc) is 2.63. The van der Waals surface area contributed by atoms with E-state index in [9.17, 15) is 75.9 Å². The van der Waals surface area contributed by atoms with Crippen molar-refractivity contribution in [1.29, 1.82) is 0 Å². The van der Waals surface area contributed by atoms with Gasteiger partial charge in [-0.15, -0.1) is 0 Å². The van der Waals surface area contributed by atoms with Gasteiger partial charge in [-0.2, -0.15) is 12.9 Å². The minimum Gasteiger partial charge on any atom is -0.387 e. The van der Waals surface area contributed by atoms with Gasteiger partial charge in [0.05, 0.1) is 0 Å². The zero-order valence-corrected chi connectivity index (χ0v) is 27.0. The highest BCUT2D eigenvalue weighted by molar-refractivity contribution is 7.61. The third-order valence-corrected chi connectivity index (χ3v) is 11.5. The van der Waals surface area contributed by atoms with E-state index in [2.05, 4.69) is 35.6 Å². The first-order chi connectivity index (χ1) is 19.0. The van der Waals surface area contributed by atoms with E-state index in [1.54, 1.807) is 0 Å². The molecule has 5 unspecified atom stereocenters. The van der Waals surface area contributed by atoms with Crippen LogP contribution in [-0.2, 0) is 72.1 Å². The van der Waals surface area contributed by atoms with E-state index < -0.39 is 99.2 Å². The lowest BCUT2D eigenvalue weighted by atomic mass is 9.85. The Labute approximate surface area is 240 Å². The molecule has 264 valence electrons. The second-order valence-corrected chi connectivity index (χ2v) is 18.2. The van der Waals surface area contributed by atoms with Gasteiger partial charge in [0.15, 0.2) is 0 Å². The normalized spacial score (nSPS) is 30.2. The van der Waals surface area contributed by atoms with E-state index in [0.29, 0.717) is 0 Å². The van der Waals surface area contributed by atoms with Crippen molar-refractivity contribution in [3.8, 4) is 0 Å². The Kier molecular flexibility index (Phi) is 14.1. The Morgan fingerprint density at radius 3 is 0.727 bits per heavy atom. The molecule has 44 heavy (non-hydrogen) atoms. The van der Waals surface area contributed by atoms with Gasteiger partial charge in [0.25, 0.3) is 0 Å². The van der Waals surface area contributed by atoms with Gasteiger partial charge in [0.1, 0.15) is 36.6 Å². The van der Waals surface area contributed by atoms with Crippen LogP contribution in [0, 0.1) is 0 Å². The van der Waals surface area contributed by atoms with Crippen LogP contribution in [0.4, 0.5) is 0 Å². The largest absolute Gasteiger partial charge is 0.481 e. The number of rotatable bonds is 16. The number of aliphatic hydroxyl groups is 1. The fourth-order valence-corrected chi connectivity index (χ4v) is 9.43. The van der Waals surface area contributed by atoms with Crippen LogP contribution in [0.25, 0.3) is 0 Å². The summed E-state index contributed by atoms with van der Waals surface area (Å²) in [6.45, 7) is 0. The average molecular weight is 820 g/mol. The highest BCUT2D eigenvalue weighted by Crippen LogP contribution is 2.64. The van der Waals surface area contributed by atoms with Crippen molar-refractivity contribution < 1.29 is 141 Å². The molecule has 1 aliphatic carbocycles. The molecule has 0 amide bonds. The summed E-state index contributed by atoms with van der Waals surface area (Å²) in [6, 6.07) is 0. The van der Waals surface area contributed by atoms with E-state index >= 15 is 0 Å². The topological polar surface area (TPSA) is 494 Å². The van der Waals surface area contributed by atoms with Gasteiger partial charge in [-0.25, -0.2) is 36.5 Å². The smallest absolute Gasteiger partial charge is 0.387 e. The first-order valence-electron chi connectivity index (χ1n) is 9.51. The summed E-state index contributed by atoms with van der Waals surface area (Å²) in [5.41, 5.74) is 0. The van der Waals surface area contributed by atoms with Crippen molar-refractivity contribution in [2.24, 2.45) is 0 Å². The number of phosphoric acid groups is 8. The van der Waals surface area contributed by atoms with E-state index in [-0.39, 0.29) is 0 Å². The molecule has 1 aliphatic rings. The zero-order chi connectivity index (χ0) is 35.1. The van der Waals surface area contributed by atoms with Crippen LogP contribution in [0.5, 0.6) is 0 Å². The molecule has 1 rings (SSSR count). The fraction of sp³-hybridized carbons (Fsp3) is 1.00. The summed E-state index contributed by atoms with van der Waals surface area (Å²) >= 11 is 0. The van der Waals surface area contributed by atoms with Gasteiger partial charge in [0.2, 0.25) is 0 Å². The Morgan fingerprint density at radius 1 is 0.318 bits per heavy atom. The highest BCUT2D eigenvalue weighted by atomic mass is 31.3. The van der Waals surface area contributed by atoms with Gasteiger partial charge in [-0.3, -0.25) is 22.6 Å². The molecule has 0 saturated heterocycles. The van der Waals surface area contributed by atoms with Crippen LogP contribution >= 0.6 is 62.6 Å². The SMILES string of the molecule is O=P(O)(O)O[C@H]1C(OP(=O)(O)OP(=O)(O)O)[C@H](OP(=O)(O)O)[C@@H](OP(=O)(O)OP(=O)(O)O)C(O)[C@H]1OP(=O)(O)OP(=O)(O)O. The molecule has 0 aliphatic heterocycles. The van der Waals surface area contributed by atoms with Crippen LogP contribution in [0.2, 0.25) is 0 Å². The highest BCUT2D eigenvalue weighted by Gasteiger charge is 2.62. The maximum absolute atomic E-state index is 12.3. The third-order valence-electron chi connectivity index (χ3n) is 3.88. The van der Waals surface area contributed by atoms with Gasteiger partial charge in [-0.05, 0) is 0 Å². The summed E-state index contributed by atoms with van der Waals surface area (Å²) in [5, 5.41) is 10.7. The third kappa shape index (κ3) is 16.4. The lowest BCUT2D eigenvalue weighted by molar-refractivity contribution is -0.205. The predicted octanol–water partition coefficient (Wildman–Crippen LogP) is -2.90. The minimum absolute atomic E-state index is 3.36. The van der Waals surface area contributed by atoms with Crippen LogP contribution < -0.4 is 0 Å². The summed E-state index contributed by atoms with van der Waals surface area (Å²) in [4.78, 5) is 119. The second kappa shape index (κ2) is 14.4. The van der Waals surface area contributed by atoms with E-state index in [1.807, 2.05) is 0 Å². The molecular weight excluding hydrogens is 800 g/mol. The summed E-state index contributed by atoms with van der Waals surface area (Å²) in [6.07, 6.45) is -20.5. The van der Waals surface area contributed by atoms with Gasteiger partial charge in [-0.1, -0.05) is 0 Å². The van der Waals surface area contributed by atoms with Crippen LogP contribution in [-0.4, -0.2) is 105 Å². The molecule has 0 aromatic heterocycles. The molecule has 0 radical (unpaired) electrons. The van der Waals surface area contributed by atoms with Crippen molar-refractivity contribution >= 4 is 62.6 Å². The van der Waals surface area contributed by atoms with E-state index in [0.717, 1.165) is 0 Å². The van der Waals surface area contributed by atoms with Crippen molar-refractivity contribution in [2.45, 2.75) is 36.6 Å². The molecule has 0 heterocycles. The monoisotopic (exact) mass is 820 g/mol. The van der Waals surface area contributed by atoms with Crippen molar-refractivity contribution in [2.75, 3.05) is 0 Å². The van der Waals surface area contributed by atoms with Gasteiger partial charge >= 0.3 is 62.6 Å². The molecule has 30 nitrogen and oxygen atoms in total. The molecule has 14 N–H and O–H groups in total. The van der Waals surface area contributed by atoms with Gasteiger partial charge in [0, 0.05) is 0 Å². The van der Waals surface area contributed by atoms with Crippen LogP contribution in [0.1, 0.15) is 0 Å². The van der Waals surface area contributed by atoms with E-state index in [4.69, 9.17) is 29.4 Å². The Balaban J connectivity index is 4.06. The van der Waals surface area contributed by atoms with Crippen molar-refractivity contribution in [1.82, 2.24) is 0 Å². The fourth-order valence-electron chi connectivity index (χ4n) is 2.98. The lowest BCUT2D eigenvalue weighted by Crippen LogP contribution is -2.66. The molecule has 9 atom stereocenters. The molecule has 38 heteroatoms. The summed E-state index contributed by atoms with van der Waals surface area (Å²) < 4.78 is 124. The molecular formula is C6H20O30P8. The predicted molar refractivity (Wildman–Crippen MR) is 123 cm³/mol. The van der Waals surface area contributed by atoms with Crippen LogP contribution in [0.15, 0.2) is 0 Å². The van der Waals surface area contributed by atoms with Crippen LogP contribution in [0.3, 0.4) is 0 Å². The molecule has 1 saturated carbocycles. The first-order valence-corrected chi connectivity index (χ1v) is 21.6. The second-order valence-electron chi connectivity index (χ2n) is 7.44. The quantitative estimate of drug-likeness (QED) is 0.0694. The number of phosphoric ester groups is 5. The lowest BCUT2D eigenvalue weighted by Gasteiger charge is -2.47. The summed E-state index contributed by atoms with van der Waals surface area (Å²) in [7, 11) is -50.3. The first kappa shape index (κ1) is 43.0. The number of aliphatic hydroxyl groups excluding tert-OH is 1. The molecule has 0 aromatic carbocycles. The molecule has 1 fully saturated rings. The Morgan fingerprint density at radius 2 is 0.523 bits per heavy atom. The standard InChI is InChI=1S/C6H20O30P8/c7-1-2(31-42(23,24)34-39(14,15)16)4(29-37(8,9)10)6(33-44(27,28)36-41(20,21)22)5(30-38(11,12)13)3(1)32-43(25,26)35-40(17,18)19/h1-7H,(H,23,24)(H,25,26)(H,27,28)(H2,8,9,10)(H2,11,12,13)(H2,14,15,16)(H2,17,18,19)(H2,20,21,22)/t1?,2-,3+,4-,5-,6?/m1/s1. The van der Waals surface area contributed by atoms with Crippen molar-refractivity contribution in [3.05, 3.63) is 0 Å². The number of hydrogen-bond acceptors (Lipinski definition) is 17. The minimum atomic E-state index is -6.53.